The second-order valence-electron chi connectivity index (χ2n) is 2.30. The zero-order valence-electron chi connectivity index (χ0n) is 6.79. The van der Waals surface area contributed by atoms with Crippen LogP contribution in [0.25, 0.3) is 0 Å². The maximum Gasteiger partial charge on any atom is 0.0633 e. The number of hydrogen-bond acceptors (Lipinski definition) is 2. The Morgan fingerprint density at radius 1 is 1.20 bits per heavy atom. The summed E-state index contributed by atoms with van der Waals surface area (Å²) < 4.78 is -0.0243. The first-order valence-corrected chi connectivity index (χ1v) is 4.22. The van der Waals surface area contributed by atoms with Gasteiger partial charge in [0.15, 0.2) is 0 Å². The van der Waals surface area contributed by atoms with Crippen LogP contribution in [0.1, 0.15) is 20.8 Å². The molecular formula is C8H15NS. The molecule has 0 aromatic rings. The van der Waals surface area contributed by atoms with Crippen molar-refractivity contribution in [2.24, 2.45) is 5.14 Å². The van der Waals surface area contributed by atoms with Crippen LogP contribution >= 0.6 is 11.9 Å². The third kappa shape index (κ3) is 3.08. The van der Waals surface area contributed by atoms with Gasteiger partial charge in [-0.2, -0.15) is 0 Å². The van der Waals surface area contributed by atoms with Crippen LogP contribution < -0.4 is 5.14 Å². The highest BCUT2D eigenvalue weighted by atomic mass is 32.2. The third-order valence-electron chi connectivity index (χ3n) is 1.25. The fourth-order valence-electron chi connectivity index (χ4n) is 0.796. The zero-order chi connectivity index (χ0) is 8.04. The lowest BCUT2D eigenvalue weighted by Crippen LogP contribution is -2.15. The molecule has 0 heterocycles. The first-order chi connectivity index (χ1) is 4.68. The quantitative estimate of drug-likeness (QED) is 0.503. The molecule has 0 saturated heterocycles. The van der Waals surface area contributed by atoms with E-state index in [1.165, 1.54) is 11.9 Å². The Kier molecular flexibility index (Phi) is 4.49. The molecule has 0 unspecified atom stereocenters. The SMILES string of the molecule is CC=CC(C)(C=CC)SN. The molecule has 0 aliphatic heterocycles. The maximum absolute atomic E-state index is 5.49. The van der Waals surface area contributed by atoms with E-state index >= 15 is 0 Å². The smallest absolute Gasteiger partial charge is 0.0633 e. The largest absolute Gasteiger partial charge is 0.277 e. The van der Waals surface area contributed by atoms with Crippen molar-refractivity contribution in [3.05, 3.63) is 24.3 Å². The molecule has 1 nitrogen and oxygen atoms in total. The van der Waals surface area contributed by atoms with E-state index < -0.39 is 0 Å². The van der Waals surface area contributed by atoms with Gasteiger partial charge in [0, 0.05) is 0 Å². The molecule has 0 aliphatic carbocycles. The topological polar surface area (TPSA) is 26.0 Å². The van der Waals surface area contributed by atoms with Crippen LogP contribution in [-0.2, 0) is 0 Å². The van der Waals surface area contributed by atoms with E-state index in [0.29, 0.717) is 0 Å². The van der Waals surface area contributed by atoms with Crippen molar-refractivity contribution in [2.45, 2.75) is 25.5 Å². The second-order valence-corrected chi connectivity index (χ2v) is 3.42. The first-order valence-electron chi connectivity index (χ1n) is 3.34. The summed E-state index contributed by atoms with van der Waals surface area (Å²) in [5.41, 5.74) is 0. The Bertz CT molecular complexity index is 126. The fourth-order valence-corrected chi connectivity index (χ4v) is 1.23. The van der Waals surface area contributed by atoms with Crippen molar-refractivity contribution in [3.8, 4) is 0 Å². The molecule has 0 spiro atoms. The van der Waals surface area contributed by atoms with Crippen LogP contribution in [0, 0.1) is 0 Å². The standard InChI is InChI=1S/C8H15NS/c1-4-6-8(3,10-9)7-5-2/h4-7H,9H2,1-3H3. The molecule has 0 fully saturated rings. The summed E-state index contributed by atoms with van der Waals surface area (Å²) in [4.78, 5) is 0. The highest BCUT2D eigenvalue weighted by Gasteiger charge is 2.13. The predicted molar refractivity (Wildman–Crippen MR) is 49.8 cm³/mol. The molecule has 0 rings (SSSR count). The summed E-state index contributed by atoms with van der Waals surface area (Å²) >= 11 is 1.35. The van der Waals surface area contributed by atoms with E-state index in [2.05, 4.69) is 19.1 Å². The molecule has 10 heavy (non-hydrogen) atoms. The van der Waals surface area contributed by atoms with E-state index in [1.54, 1.807) is 0 Å². The van der Waals surface area contributed by atoms with Crippen LogP contribution in [0.3, 0.4) is 0 Å². The lowest BCUT2D eigenvalue weighted by Gasteiger charge is -2.16. The van der Waals surface area contributed by atoms with Gasteiger partial charge < -0.3 is 0 Å². The van der Waals surface area contributed by atoms with Crippen molar-refractivity contribution in [2.75, 3.05) is 0 Å². The molecule has 2 N–H and O–H groups in total. The number of nitrogens with two attached hydrogens (primary N) is 1. The molecule has 0 aromatic heterocycles. The van der Waals surface area contributed by atoms with Gasteiger partial charge in [0.2, 0.25) is 0 Å². The molecule has 0 saturated carbocycles. The second kappa shape index (κ2) is 4.58. The number of hydrogen-bond donors (Lipinski definition) is 1. The van der Waals surface area contributed by atoms with E-state index in [4.69, 9.17) is 5.14 Å². The minimum absolute atomic E-state index is 0.0243. The lowest BCUT2D eigenvalue weighted by molar-refractivity contribution is 1.00. The molecule has 0 amide bonds. The van der Waals surface area contributed by atoms with Crippen molar-refractivity contribution < 1.29 is 0 Å². The lowest BCUT2D eigenvalue weighted by atomic mass is 10.1. The third-order valence-corrected chi connectivity index (χ3v) is 2.03. The molecule has 0 aliphatic rings. The van der Waals surface area contributed by atoms with E-state index in [9.17, 15) is 0 Å². The monoisotopic (exact) mass is 157 g/mol. The van der Waals surface area contributed by atoms with Crippen LogP contribution in [-0.4, -0.2) is 4.75 Å². The van der Waals surface area contributed by atoms with Gasteiger partial charge >= 0.3 is 0 Å². The Labute approximate surface area is 67.5 Å². The highest BCUT2D eigenvalue weighted by Crippen LogP contribution is 2.22. The van der Waals surface area contributed by atoms with Crippen LogP contribution in [0.5, 0.6) is 0 Å². The van der Waals surface area contributed by atoms with Gasteiger partial charge in [0.05, 0.1) is 4.75 Å². The van der Waals surface area contributed by atoms with Crippen LogP contribution in [0.2, 0.25) is 0 Å². The van der Waals surface area contributed by atoms with Crippen molar-refractivity contribution in [1.29, 1.82) is 0 Å². The van der Waals surface area contributed by atoms with Crippen molar-refractivity contribution >= 4 is 11.9 Å². The first kappa shape index (κ1) is 9.79. The van der Waals surface area contributed by atoms with Gasteiger partial charge in [-0.25, -0.2) is 0 Å². The van der Waals surface area contributed by atoms with Gasteiger partial charge in [-0.15, -0.1) is 0 Å². The Balaban J connectivity index is 4.22. The molecule has 0 bridgehead atoms. The molecule has 58 valence electrons. The minimum atomic E-state index is -0.0243. The van der Waals surface area contributed by atoms with Crippen LogP contribution in [0.15, 0.2) is 24.3 Å². The average Bonchev–Trinajstić information content (AvgIpc) is 1.89. The normalized spacial score (nSPS) is 18.4. The van der Waals surface area contributed by atoms with Gasteiger partial charge in [-0.1, -0.05) is 36.3 Å². The molecule has 0 radical (unpaired) electrons. The Morgan fingerprint density at radius 3 is 1.80 bits per heavy atom. The van der Waals surface area contributed by atoms with Crippen molar-refractivity contribution in [1.82, 2.24) is 0 Å². The molecule has 0 aromatic carbocycles. The summed E-state index contributed by atoms with van der Waals surface area (Å²) in [7, 11) is 0. The Morgan fingerprint density at radius 2 is 1.60 bits per heavy atom. The van der Waals surface area contributed by atoms with Gasteiger partial charge in [0.1, 0.15) is 0 Å². The van der Waals surface area contributed by atoms with Crippen molar-refractivity contribution in [3.63, 3.8) is 0 Å². The van der Waals surface area contributed by atoms with E-state index in [-0.39, 0.29) is 4.75 Å². The van der Waals surface area contributed by atoms with E-state index in [0.717, 1.165) is 0 Å². The molecular weight excluding hydrogens is 142 g/mol. The summed E-state index contributed by atoms with van der Waals surface area (Å²) in [6.07, 6.45) is 8.19. The summed E-state index contributed by atoms with van der Waals surface area (Å²) in [5, 5.41) is 5.49. The van der Waals surface area contributed by atoms with Gasteiger partial charge in [-0.05, 0) is 20.8 Å². The maximum atomic E-state index is 5.49. The van der Waals surface area contributed by atoms with Gasteiger partial charge in [-0.3, -0.25) is 5.14 Å². The molecule has 0 atom stereocenters. The minimum Gasteiger partial charge on any atom is -0.277 e. The number of rotatable bonds is 3. The summed E-state index contributed by atoms with van der Waals surface area (Å²) in [6, 6.07) is 0. The Hall–Kier alpha value is -0.210. The van der Waals surface area contributed by atoms with E-state index in [1.807, 2.05) is 26.0 Å². The summed E-state index contributed by atoms with van der Waals surface area (Å²) in [5.74, 6) is 0. The zero-order valence-corrected chi connectivity index (χ0v) is 7.61. The fraction of sp³-hybridized carbons (Fsp3) is 0.500. The van der Waals surface area contributed by atoms with Crippen LogP contribution in [0.4, 0.5) is 0 Å². The molecule has 2 heteroatoms. The number of allylic oxidation sites excluding steroid dienone is 2. The predicted octanol–water partition coefficient (Wildman–Crippen LogP) is 2.50. The average molecular weight is 157 g/mol. The highest BCUT2D eigenvalue weighted by molar-refractivity contribution is 7.98. The summed E-state index contributed by atoms with van der Waals surface area (Å²) in [6.45, 7) is 6.08. The van der Waals surface area contributed by atoms with Gasteiger partial charge in [0.25, 0.3) is 0 Å².